The van der Waals surface area contributed by atoms with Gasteiger partial charge in [0.15, 0.2) is 5.69 Å². The number of nitrogens with zero attached hydrogens (tertiary/aromatic N) is 1. The Kier molecular flexibility index (Phi) is 3.92. The van der Waals surface area contributed by atoms with E-state index in [0.717, 1.165) is 22.3 Å². The molecule has 4 nitrogen and oxygen atoms in total. The topological polar surface area (TPSA) is 59.4 Å². The molecule has 0 aliphatic heterocycles. The van der Waals surface area contributed by atoms with Crippen LogP contribution in [0.1, 0.15) is 21.6 Å². The monoisotopic (exact) mass is 257 g/mol. The third-order valence-corrected chi connectivity index (χ3v) is 2.90. The smallest absolute Gasteiger partial charge is 0.356 e. The first-order valence-corrected chi connectivity index (χ1v) is 5.91. The van der Waals surface area contributed by atoms with Crippen LogP contribution in [0.15, 0.2) is 36.5 Å². The van der Waals surface area contributed by atoms with E-state index in [1.807, 2.05) is 37.3 Å². The Bertz CT molecular complexity index is 608. The molecule has 1 aromatic carbocycles. The minimum atomic E-state index is -0.437. The molecule has 19 heavy (non-hydrogen) atoms. The number of ether oxygens (including phenoxy) is 1. The van der Waals surface area contributed by atoms with Gasteiger partial charge in [-0.05, 0) is 35.7 Å². The Morgan fingerprint density at radius 1 is 1.32 bits per heavy atom. The van der Waals surface area contributed by atoms with E-state index in [-0.39, 0.29) is 6.61 Å². The molecule has 2 rings (SSSR count). The lowest BCUT2D eigenvalue weighted by Gasteiger charge is -2.07. The molecule has 98 valence electrons. The van der Waals surface area contributed by atoms with Gasteiger partial charge < -0.3 is 9.84 Å². The number of hydrogen-bond donors (Lipinski definition) is 1. The molecular formula is C15H15NO3. The molecule has 0 aliphatic rings. The minimum absolute atomic E-state index is 0.000491. The van der Waals surface area contributed by atoms with Crippen molar-refractivity contribution in [2.45, 2.75) is 13.5 Å². The molecule has 0 saturated heterocycles. The summed E-state index contributed by atoms with van der Waals surface area (Å²) in [5.74, 6) is -0.437. The van der Waals surface area contributed by atoms with Gasteiger partial charge in [0.1, 0.15) is 0 Å². The molecule has 0 spiro atoms. The van der Waals surface area contributed by atoms with Crippen LogP contribution in [-0.2, 0) is 11.3 Å². The van der Waals surface area contributed by atoms with Crippen LogP contribution in [0.4, 0.5) is 0 Å². The molecule has 1 heterocycles. The average molecular weight is 257 g/mol. The van der Waals surface area contributed by atoms with E-state index < -0.39 is 5.97 Å². The van der Waals surface area contributed by atoms with Gasteiger partial charge in [-0.15, -0.1) is 0 Å². The Balaban J connectivity index is 2.41. The van der Waals surface area contributed by atoms with Gasteiger partial charge in [-0.3, -0.25) is 0 Å². The fourth-order valence-corrected chi connectivity index (χ4v) is 1.89. The van der Waals surface area contributed by atoms with Gasteiger partial charge in [-0.1, -0.05) is 18.2 Å². The van der Waals surface area contributed by atoms with Crippen LogP contribution in [0, 0.1) is 6.92 Å². The summed E-state index contributed by atoms with van der Waals surface area (Å²) in [6.07, 6.45) is 1.63. The van der Waals surface area contributed by atoms with E-state index in [1.54, 1.807) is 6.20 Å². The highest BCUT2D eigenvalue weighted by Gasteiger charge is 2.11. The zero-order valence-corrected chi connectivity index (χ0v) is 10.9. The molecule has 0 bridgehead atoms. The highest BCUT2D eigenvalue weighted by atomic mass is 16.5. The molecule has 0 amide bonds. The first-order chi connectivity index (χ1) is 9.15. The number of benzene rings is 1. The maximum Gasteiger partial charge on any atom is 0.356 e. The molecule has 1 N–H and O–H groups in total. The van der Waals surface area contributed by atoms with Crippen LogP contribution in [0.5, 0.6) is 0 Å². The van der Waals surface area contributed by atoms with Crippen molar-refractivity contribution in [1.29, 1.82) is 0 Å². The molecule has 0 aliphatic carbocycles. The first kappa shape index (κ1) is 13.2. The normalized spacial score (nSPS) is 10.3. The molecule has 2 aromatic rings. The summed E-state index contributed by atoms with van der Waals surface area (Å²) in [5.41, 5.74) is 3.79. The van der Waals surface area contributed by atoms with Gasteiger partial charge in [0.2, 0.25) is 0 Å². The number of methoxy groups -OCH3 is 1. The standard InChI is InChI=1S/C15H15NO3/c1-10-6-13(8-16-14(10)15(18)19-2)12-5-3-4-11(7-12)9-17/h3-8,17H,9H2,1-2H3. The second kappa shape index (κ2) is 5.63. The van der Waals surface area contributed by atoms with Gasteiger partial charge in [0, 0.05) is 11.8 Å². The number of aliphatic hydroxyl groups is 1. The van der Waals surface area contributed by atoms with E-state index in [1.165, 1.54) is 7.11 Å². The number of carbonyl (C=O) groups is 1. The number of aryl methyl sites for hydroxylation is 1. The van der Waals surface area contributed by atoms with Crippen molar-refractivity contribution in [3.05, 3.63) is 53.3 Å². The predicted octanol–water partition coefficient (Wildman–Crippen LogP) is 2.34. The molecule has 0 saturated carbocycles. The number of esters is 1. The molecule has 4 heteroatoms. The van der Waals surface area contributed by atoms with E-state index in [2.05, 4.69) is 9.72 Å². The van der Waals surface area contributed by atoms with E-state index in [9.17, 15) is 4.79 Å². The van der Waals surface area contributed by atoms with Gasteiger partial charge in [0.05, 0.1) is 13.7 Å². The number of carbonyl (C=O) groups excluding carboxylic acids is 1. The largest absolute Gasteiger partial charge is 0.464 e. The van der Waals surface area contributed by atoms with Crippen molar-refractivity contribution in [2.24, 2.45) is 0 Å². The SMILES string of the molecule is COC(=O)c1ncc(-c2cccc(CO)c2)cc1C. The van der Waals surface area contributed by atoms with Crippen molar-refractivity contribution in [2.75, 3.05) is 7.11 Å². The quantitative estimate of drug-likeness (QED) is 0.857. The van der Waals surface area contributed by atoms with E-state index >= 15 is 0 Å². The van der Waals surface area contributed by atoms with Crippen molar-refractivity contribution < 1.29 is 14.6 Å². The minimum Gasteiger partial charge on any atom is -0.464 e. The molecule has 0 fully saturated rings. The summed E-state index contributed by atoms with van der Waals surface area (Å²) >= 11 is 0. The van der Waals surface area contributed by atoms with Gasteiger partial charge >= 0.3 is 5.97 Å². The third-order valence-electron chi connectivity index (χ3n) is 2.90. The van der Waals surface area contributed by atoms with Crippen molar-refractivity contribution in [1.82, 2.24) is 4.98 Å². The van der Waals surface area contributed by atoms with Crippen LogP contribution in [0.2, 0.25) is 0 Å². The van der Waals surface area contributed by atoms with Crippen LogP contribution in [-0.4, -0.2) is 23.2 Å². The summed E-state index contributed by atoms with van der Waals surface area (Å²) in [6.45, 7) is 1.82. The predicted molar refractivity (Wildman–Crippen MR) is 71.7 cm³/mol. The second-order valence-electron chi connectivity index (χ2n) is 4.24. The summed E-state index contributed by atoms with van der Waals surface area (Å²) < 4.78 is 4.66. The van der Waals surface area contributed by atoms with Crippen molar-refractivity contribution in [3.8, 4) is 11.1 Å². The summed E-state index contributed by atoms with van der Waals surface area (Å²) in [6, 6.07) is 9.45. The van der Waals surface area contributed by atoms with E-state index in [0.29, 0.717) is 5.69 Å². The summed E-state index contributed by atoms with van der Waals surface area (Å²) in [7, 11) is 1.34. The maximum atomic E-state index is 11.5. The lowest BCUT2D eigenvalue weighted by molar-refractivity contribution is 0.0593. The van der Waals surface area contributed by atoms with Crippen LogP contribution in [0.25, 0.3) is 11.1 Å². The molecule has 0 radical (unpaired) electrons. The third kappa shape index (κ3) is 2.80. The molecule has 0 atom stereocenters. The zero-order chi connectivity index (χ0) is 13.8. The molecule has 0 unspecified atom stereocenters. The van der Waals surface area contributed by atoms with Crippen LogP contribution in [0.3, 0.4) is 0 Å². The van der Waals surface area contributed by atoms with E-state index in [4.69, 9.17) is 5.11 Å². The molecule has 1 aromatic heterocycles. The zero-order valence-electron chi connectivity index (χ0n) is 10.9. The van der Waals surface area contributed by atoms with Crippen molar-refractivity contribution in [3.63, 3.8) is 0 Å². The lowest BCUT2D eigenvalue weighted by Crippen LogP contribution is -2.06. The maximum absolute atomic E-state index is 11.5. The Hall–Kier alpha value is -2.20. The Morgan fingerprint density at radius 2 is 2.11 bits per heavy atom. The number of rotatable bonds is 3. The van der Waals surface area contributed by atoms with Crippen molar-refractivity contribution >= 4 is 5.97 Å². The average Bonchev–Trinajstić information content (AvgIpc) is 2.46. The molecular weight excluding hydrogens is 242 g/mol. The number of pyridine rings is 1. The van der Waals surface area contributed by atoms with Gasteiger partial charge in [-0.25, -0.2) is 9.78 Å². The lowest BCUT2D eigenvalue weighted by atomic mass is 10.0. The number of aromatic nitrogens is 1. The summed E-state index contributed by atoms with van der Waals surface area (Å²) in [4.78, 5) is 15.6. The van der Waals surface area contributed by atoms with Gasteiger partial charge in [0.25, 0.3) is 0 Å². The second-order valence-corrected chi connectivity index (χ2v) is 4.24. The fourth-order valence-electron chi connectivity index (χ4n) is 1.89. The number of hydrogen-bond acceptors (Lipinski definition) is 4. The van der Waals surface area contributed by atoms with Gasteiger partial charge in [-0.2, -0.15) is 0 Å². The Labute approximate surface area is 111 Å². The highest BCUT2D eigenvalue weighted by molar-refractivity contribution is 5.89. The first-order valence-electron chi connectivity index (χ1n) is 5.91. The Morgan fingerprint density at radius 3 is 2.74 bits per heavy atom. The van der Waals surface area contributed by atoms with Crippen LogP contribution >= 0.6 is 0 Å². The number of aliphatic hydroxyl groups excluding tert-OH is 1. The fraction of sp³-hybridized carbons (Fsp3) is 0.200. The summed E-state index contributed by atoms with van der Waals surface area (Å²) in [5, 5.41) is 9.14. The highest BCUT2D eigenvalue weighted by Crippen LogP contribution is 2.22. The van der Waals surface area contributed by atoms with Crippen LogP contribution < -0.4 is 0 Å².